The van der Waals surface area contributed by atoms with Crippen molar-refractivity contribution in [3.05, 3.63) is 53.2 Å². The Hall–Kier alpha value is -2.87. The van der Waals surface area contributed by atoms with Gasteiger partial charge in [0.05, 0.1) is 10.2 Å². The largest absolute Gasteiger partial charge is 0.420 e. The number of aryl methyl sites for hydroxylation is 1. The molecular weight excluding hydrogens is 401 g/mol. The van der Waals surface area contributed by atoms with Crippen molar-refractivity contribution in [1.82, 2.24) is 20.2 Å². The summed E-state index contributed by atoms with van der Waals surface area (Å²) >= 11 is 1.72. The Kier molecular flexibility index (Phi) is 3.93. The molecule has 0 radical (unpaired) electrons. The van der Waals surface area contributed by atoms with E-state index in [2.05, 4.69) is 37.4 Å². The van der Waals surface area contributed by atoms with Gasteiger partial charge in [0.1, 0.15) is 18.0 Å². The van der Waals surface area contributed by atoms with E-state index in [9.17, 15) is 4.39 Å². The van der Waals surface area contributed by atoms with Crippen molar-refractivity contribution in [2.45, 2.75) is 32.1 Å². The first-order chi connectivity index (χ1) is 14.6. The lowest BCUT2D eigenvalue weighted by Gasteiger charge is -2.33. The summed E-state index contributed by atoms with van der Waals surface area (Å²) < 4.78 is 20.6. The van der Waals surface area contributed by atoms with E-state index in [0.717, 1.165) is 43.7 Å². The van der Waals surface area contributed by atoms with E-state index >= 15 is 0 Å². The zero-order valence-corrected chi connectivity index (χ0v) is 17.3. The number of hydrogen-bond donors (Lipinski definition) is 0. The number of fused-ring (bicyclic) bond motifs is 1. The number of thiophene rings is 1. The predicted octanol–water partition coefficient (Wildman–Crippen LogP) is 4.96. The molecule has 0 N–H and O–H groups in total. The van der Waals surface area contributed by atoms with Gasteiger partial charge in [-0.2, -0.15) is 0 Å². The first-order valence-corrected chi connectivity index (χ1v) is 11.0. The van der Waals surface area contributed by atoms with E-state index in [-0.39, 0.29) is 11.2 Å². The third-order valence-corrected chi connectivity index (χ3v) is 7.65. The average Bonchev–Trinajstić information content (AvgIpc) is 3.10. The molecule has 0 amide bonds. The summed E-state index contributed by atoms with van der Waals surface area (Å²) in [6.07, 6.45) is 4.90. The molecule has 1 aliphatic heterocycles. The second-order valence-corrected chi connectivity index (χ2v) is 9.24. The fourth-order valence-corrected chi connectivity index (χ4v) is 5.73. The minimum Gasteiger partial charge on any atom is -0.420 e. The highest BCUT2D eigenvalue weighted by atomic mass is 32.1. The highest BCUT2D eigenvalue weighted by Gasteiger charge is 2.58. The molecule has 1 saturated carbocycles. The van der Waals surface area contributed by atoms with Crippen molar-refractivity contribution >= 4 is 27.4 Å². The molecule has 3 aromatic heterocycles. The van der Waals surface area contributed by atoms with Crippen LogP contribution in [0.1, 0.15) is 36.6 Å². The predicted molar refractivity (Wildman–Crippen MR) is 113 cm³/mol. The number of piperidine rings is 1. The number of nitrogens with zero attached hydrogens (tertiary/aromatic N) is 5. The second kappa shape index (κ2) is 6.57. The van der Waals surface area contributed by atoms with Gasteiger partial charge < -0.3 is 9.32 Å². The molecule has 0 bridgehead atoms. The van der Waals surface area contributed by atoms with Gasteiger partial charge in [0, 0.05) is 24.6 Å². The SMILES string of the molecule is Cc1csc2c(N3CCC4(CC3)CC4c3nnc(-c4cccc(F)c4)o3)ncnc12. The third-order valence-electron chi connectivity index (χ3n) is 6.57. The van der Waals surface area contributed by atoms with Crippen LogP contribution in [-0.4, -0.2) is 33.3 Å². The van der Waals surface area contributed by atoms with Gasteiger partial charge in [-0.05, 0) is 60.7 Å². The number of anilines is 1. The van der Waals surface area contributed by atoms with Crippen LogP contribution in [0.5, 0.6) is 0 Å². The maximum absolute atomic E-state index is 13.5. The van der Waals surface area contributed by atoms with Gasteiger partial charge in [0.15, 0.2) is 0 Å². The molecular formula is C22H20FN5OS. The molecule has 4 aromatic rings. The Morgan fingerprint density at radius 2 is 2.07 bits per heavy atom. The molecule has 1 aliphatic carbocycles. The van der Waals surface area contributed by atoms with Crippen molar-refractivity contribution in [1.29, 1.82) is 0 Å². The molecule has 1 saturated heterocycles. The maximum atomic E-state index is 13.5. The number of hydrogen-bond acceptors (Lipinski definition) is 7. The van der Waals surface area contributed by atoms with Crippen molar-refractivity contribution in [2.75, 3.05) is 18.0 Å². The number of halogens is 1. The standard InChI is InChI=1S/C22H20FN5OS/c1-13-11-30-18-17(13)24-12-25-19(18)28-7-5-22(6-8-28)10-16(22)21-27-26-20(29-21)14-3-2-4-15(23)9-14/h2-4,9,11-12,16H,5-8,10H2,1H3. The van der Waals surface area contributed by atoms with Crippen LogP contribution in [0.4, 0.5) is 10.2 Å². The van der Waals surface area contributed by atoms with Gasteiger partial charge in [-0.25, -0.2) is 14.4 Å². The van der Waals surface area contributed by atoms with Crippen molar-refractivity contribution in [3.63, 3.8) is 0 Å². The van der Waals surface area contributed by atoms with Crippen LogP contribution in [-0.2, 0) is 0 Å². The molecule has 6 nitrogen and oxygen atoms in total. The summed E-state index contributed by atoms with van der Waals surface area (Å²) in [5.41, 5.74) is 3.13. The van der Waals surface area contributed by atoms with Crippen LogP contribution in [0, 0.1) is 18.2 Å². The highest BCUT2D eigenvalue weighted by molar-refractivity contribution is 7.18. The second-order valence-electron chi connectivity index (χ2n) is 8.36. The third kappa shape index (κ3) is 2.81. The molecule has 1 aromatic carbocycles. The molecule has 2 aliphatic rings. The lowest BCUT2D eigenvalue weighted by atomic mass is 9.91. The summed E-state index contributed by atoms with van der Waals surface area (Å²) in [5, 5.41) is 10.6. The summed E-state index contributed by atoms with van der Waals surface area (Å²) in [4.78, 5) is 11.4. The van der Waals surface area contributed by atoms with Crippen molar-refractivity contribution in [3.8, 4) is 11.5 Å². The normalized spacial score (nSPS) is 20.2. The van der Waals surface area contributed by atoms with Gasteiger partial charge in [-0.15, -0.1) is 21.5 Å². The summed E-state index contributed by atoms with van der Waals surface area (Å²) in [6.45, 7) is 4.02. The molecule has 152 valence electrons. The maximum Gasteiger partial charge on any atom is 0.247 e. The van der Waals surface area contributed by atoms with E-state index < -0.39 is 0 Å². The molecule has 1 unspecified atom stereocenters. The highest BCUT2D eigenvalue weighted by Crippen LogP contribution is 2.64. The fourth-order valence-electron chi connectivity index (χ4n) is 4.71. The first kappa shape index (κ1) is 17.9. The molecule has 4 heterocycles. The molecule has 8 heteroatoms. The van der Waals surface area contributed by atoms with Crippen molar-refractivity contribution < 1.29 is 8.81 Å². The smallest absolute Gasteiger partial charge is 0.247 e. The van der Waals surface area contributed by atoms with Crippen LogP contribution in [0.2, 0.25) is 0 Å². The monoisotopic (exact) mass is 421 g/mol. The first-order valence-electron chi connectivity index (χ1n) is 10.2. The van der Waals surface area contributed by atoms with Crippen molar-refractivity contribution in [2.24, 2.45) is 5.41 Å². The molecule has 6 rings (SSSR count). The lowest BCUT2D eigenvalue weighted by Crippen LogP contribution is -2.35. The molecule has 30 heavy (non-hydrogen) atoms. The zero-order valence-electron chi connectivity index (χ0n) is 16.5. The minimum atomic E-state index is -0.303. The minimum absolute atomic E-state index is 0.236. The number of rotatable bonds is 3. The van der Waals surface area contributed by atoms with Crippen LogP contribution in [0.15, 0.2) is 40.4 Å². The molecule has 1 spiro atoms. The lowest BCUT2D eigenvalue weighted by molar-refractivity contribution is 0.352. The molecule has 2 fully saturated rings. The number of benzene rings is 1. The van der Waals surface area contributed by atoms with Gasteiger partial charge in [0.2, 0.25) is 11.8 Å². The van der Waals surface area contributed by atoms with Crippen LogP contribution >= 0.6 is 11.3 Å². The van der Waals surface area contributed by atoms with Gasteiger partial charge in [-0.1, -0.05) is 6.07 Å². The van der Waals surface area contributed by atoms with Crippen LogP contribution < -0.4 is 4.90 Å². The Morgan fingerprint density at radius 1 is 1.20 bits per heavy atom. The van der Waals surface area contributed by atoms with Gasteiger partial charge >= 0.3 is 0 Å². The summed E-state index contributed by atoms with van der Waals surface area (Å²) in [6, 6.07) is 6.28. The van der Waals surface area contributed by atoms with Gasteiger partial charge in [0.25, 0.3) is 0 Å². The average molecular weight is 422 g/mol. The van der Waals surface area contributed by atoms with E-state index in [1.54, 1.807) is 29.8 Å². The summed E-state index contributed by atoms with van der Waals surface area (Å²) in [7, 11) is 0. The van der Waals surface area contributed by atoms with Crippen LogP contribution in [0.3, 0.4) is 0 Å². The quantitative estimate of drug-likeness (QED) is 0.466. The fraction of sp³-hybridized carbons (Fsp3) is 0.364. The van der Waals surface area contributed by atoms with E-state index in [1.165, 1.54) is 22.4 Å². The Bertz CT molecular complexity index is 1240. The van der Waals surface area contributed by atoms with E-state index in [1.807, 2.05) is 0 Å². The van der Waals surface area contributed by atoms with E-state index in [4.69, 9.17) is 4.42 Å². The van der Waals surface area contributed by atoms with Crippen LogP contribution in [0.25, 0.3) is 21.7 Å². The van der Waals surface area contributed by atoms with E-state index in [0.29, 0.717) is 23.3 Å². The Morgan fingerprint density at radius 3 is 2.90 bits per heavy atom. The number of aromatic nitrogens is 4. The Labute approximate surface area is 176 Å². The Balaban J connectivity index is 1.18. The summed E-state index contributed by atoms with van der Waals surface area (Å²) in [5.74, 6) is 2.11. The van der Waals surface area contributed by atoms with Gasteiger partial charge in [-0.3, -0.25) is 0 Å². The topological polar surface area (TPSA) is 67.9 Å². The molecule has 1 atom stereocenters. The zero-order chi connectivity index (χ0) is 20.3.